The van der Waals surface area contributed by atoms with Crippen LogP contribution < -0.4 is 29.6 Å². The summed E-state index contributed by atoms with van der Waals surface area (Å²) in [4.78, 5) is 19.1. The van der Waals surface area contributed by atoms with Crippen molar-refractivity contribution in [1.29, 1.82) is 0 Å². The third kappa shape index (κ3) is 6.14. The minimum absolute atomic E-state index is 0. The molecule has 0 aromatic rings. The van der Waals surface area contributed by atoms with Gasteiger partial charge in [-0.25, -0.2) is 0 Å². The van der Waals surface area contributed by atoms with E-state index in [4.69, 9.17) is 0 Å². The average Bonchev–Trinajstić information content (AvgIpc) is 1.68. The number of carbonyl (C=O) groups is 1. The number of rotatable bonds is 2. The molecule has 0 radical (unpaired) electrons. The fourth-order valence-corrected chi connectivity index (χ4v) is 0.161. The molecule has 0 saturated carbocycles. The van der Waals surface area contributed by atoms with Crippen LogP contribution in [0.3, 0.4) is 0 Å². The minimum Gasteiger partial charge on any atom is -0.531 e. The Morgan fingerprint density at radius 2 is 2.25 bits per heavy atom. The van der Waals surface area contributed by atoms with Gasteiger partial charge in [0.2, 0.25) is 0 Å². The van der Waals surface area contributed by atoms with Crippen LogP contribution in [0, 0.1) is 0 Å². The van der Waals surface area contributed by atoms with Crippen molar-refractivity contribution in [3.8, 4) is 0 Å². The average molecular weight is 124 g/mol. The van der Waals surface area contributed by atoms with Crippen molar-refractivity contribution >= 4 is 12.3 Å². The minimum atomic E-state index is -0.928. The van der Waals surface area contributed by atoms with Crippen LogP contribution in [-0.4, -0.2) is 18.9 Å². The summed E-state index contributed by atoms with van der Waals surface area (Å²) in [6, 6.07) is 0. The summed E-state index contributed by atoms with van der Waals surface area (Å²) in [7, 11) is 0. The molecular formula is C4H5NaO3. The van der Waals surface area contributed by atoms with Crippen molar-refractivity contribution < 1.29 is 43.9 Å². The van der Waals surface area contributed by atoms with Gasteiger partial charge in [0.1, 0.15) is 0 Å². The number of esters is 1. The Morgan fingerprint density at radius 3 is 2.38 bits per heavy atom. The molecule has 0 bridgehead atoms. The quantitative estimate of drug-likeness (QED) is 0.167. The van der Waals surface area contributed by atoms with Crippen LogP contribution in [-0.2, 0) is 14.3 Å². The molecule has 0 atom stereocenters. The van der Waals surface area contributed by atoms with Crippen LogP contribution in [0.4, 0.5) is 0 Å². The Kier molecular flexibility index (Phi) is 9.82. The SMILES string of the molecule is CCOC(=O)[C-]=O.[Na+]. The molecular weight excluding hydrogens is 119 g/mol. The second kappa shape index (κ2) is 7.14. The molecule has 40 valence electrons. The van der Waals surface area contributed by atoms with E-state index in [1.54, 1.807) is 6.92 Å². The molecule has 3 nitrogen and oxygen atoms in total. The summed E-state index contributed by atoms with van der Waals surface area (Å²) in [5, 5.41) is 0. The van der Waals surface area contributed by atoms with E-state index in [0.29, 0.717) is 0 Å². The van der Waals surface area contributed by atoms with Crippen molar-refractivity contribution in [2.45, 2.75) is 6.92 Å². The molecule has 8 heavy (non-hydrogen) atoms. The van der Waals surface area contributed by atoms with Crippen molar-refractivity contribution in [1.82, 2.24) is 0 Å². The Morgan fingerprint density at radius 1 is 1.75 bits per heavy atom. The van der Waals surface area contributed by atoms with Crippen LogP contribution >= 0.6 is 0 Å². The molecule has 0 aliphatic carbocycles. The molecule has 0 aromatic heterocycles. The Bertz CT molecular complexity index is 81.4. The van der Waals surface area contributed by atoms with Gasteiger partial charge in [-0.15, -0.1) is 0 Å². The van der Waals surface area contributed by atoms with Crippen molar-refractivity contribution in [3.05, 3.63) is 0 Å². The van der Waals surface area contributed by atoms with Crippen molar-refractivity contribution in [2.75, 3.05) is 6.61 Å². The maximum absolute atomic E-state index is 9.77. The van der Waals surface area contributed by atoms with Gasteiger partial charge in [-0.2, -0.15) is 6.29 Å². The fourth-order valence-electron chi connectivity index (χ4n) is 0.161. The molecule has 4 heteroatoms. The standard InChI is InChI=1S/C4H5O3.Na/c1-2-7-4(6)3-5;/h2H2,1H3;/q-1;+1. The molecule has 0 rings (SSSR count). The van der Waals surface area contributed by atoms with E-state index < -0.39 is 5.97 Å². The zero-order valence-electron chi connectivity index (χ0n) is 4.93. The van der Waals surface area contributed by atoms with Gasteiger partial charge >= 0.3 is 29.6 Å². The predicted octanol–water partition coefficient (Wildman–Crippen LogP) is -3.34. The van der Waals surface area contributed by atoms with Crippen LogP contribution in [0.5, 0.6) is 0 Å². The molecule has 0 aromatic carbocycles. The molecule has 0 spiro atoms. The number of carbonyl (C=O) groups excluding carboxylic acids is 2. The summed E-state index contributed by atoms with van der Waals surface area (Å²) < 4.78 is 4.13. The van der Waals surface area contributed by atoms with Gasteiger partial charge in [-0.05, 0) is 6.92 Å². The molecule has 0 N–H and O–H groups in total. The number of hydrogen-bond donors (Lipinski definition) is 0. The molecule has 0 aliphatic rings. The van der Waals surface area contributed by atoms with Crippen molar-refractivity contribution in [3.63, 3.8) is 0 Å². The van der Waals surface area contributed by atoms with Gasteiger partial charge in [0.15, 0.2) is 5.97 Å². The number of hydrogen-bond acceptors (Lipinski definition) is 3. The second-order valence-electron chi connectivity index (χ2n) is 0.823. The molecule has 0 saturated heterocycles. The van der Waals surface area contributed by atoms with Gasteiger partial charge in [0.25, 0.3) is 0 Å². The topological polar surface area (TPSA) is 43.4 Å². The summed E-state index contributed by atoms with van der Waals surface area (Å²) in [5.41, 5.74) is 0. The van der Waals surface area contributed by atoms with Gasteiger partial charge < -0.3 is 9.53 Å². The van der Waals surface area contributed by atoms with Crippen LogP contribution in [0.2, 0.25) is 0 Å². The second-order valence-corrected chi connectivity index (χ2v) is 0.823. The Labute approximate surface area is 69.7 Å². The zero-order chi connectivity index (χ0) is 5.70. The monoisotopic (exact) mass is 124 g/mol. The number of ether oxygens (including phenoxy) is 1. The van der Waals surface area contributed by atoms with E-state index in [1.165, 1.54) is 0 Å². The van der Waals surface area contributed by atoms with Gasteiger partial charge in [-0.3, -0.25) is 4.79 Å². The zero-order valence-corrected chi connectivity index (χ0v) is 6.93. The van der Waals surface area contributed by atoms with Gasteiger partial charge in [-0.1, -0.05) is 0 Å². The Hall–Kier alpha value is 0.140. The first-order valence-electron chi connectivity index (χ1n) is 1.86. The normalized spacial score (nSPS) is 6.62. The molecule has 0 unspecified atom stereocenters. The van der Waals surface area contributed by atoms with Crippen LogP contribution in [0.15, 0.2) is 0 Å². The van der Waals surface area contributed by atoms with Crippen LogP contribution in [0.1, 0.15) is 6.92 Å². The maximum atomic E-state index is 9.77. The van der Waals surface area contributed by atoms with E-state index in [0.717, 1.165) is 6.29 Å². The summed E-state index contributed by atoms with van der Waals surface area (Å²) in [5.74, 6) is -0.928. The van der Waals surface area contributed by atoms with Crippen molar-refractivity contribution in [2.24, 2.45) is 0 Å². The Balaban J connectivity index is 0. The first-order chi connectivity index (χ1) is 3.31. The van der Waals surface area contributed by atoms with E-state index in [9.17, 15) is 9.59 Å². The maximum Gasteiger partial charge on any atom is 1.00 e. The van der Waals surface area contributed by atoms with Gasteiger partial charge in [0.05, 0.1) is 6.61 Å². The molecule has 0 aliphatic heterocycles. The third-order valence-electron chi connectivity index (χ3n) is 0.359. The molecule has 0 fully saturated rings. The third-order valence-corrected chi connectivity index (χ3v) is 0.359. The van der Waals surface area contributed by atoms with Gasteiger partial charge in [0, 0.05) is 0 Å². The van der Waals surface area contributed by atoms with E-state index >= 15 is 0 Å². The van der Waals surface area contributed by atoms with E-state index in [2.05, 4.69) is 4.74 Å². The molecule has 0 heterocycles. The largest absolute Gasteiger partial charge is 1.00 e. The molecule has 0 amide bonds. The van der Waals surface area contributed by atoms with E-state index in [-0.39, 0.29) is 36.2 Å². The summed E-state index contributed by atoms with van der Waals surface area (Å²) in [6.07, 6.45) is 1.05. The fraction of sp³-hybridized carbons (Fsp3) is 0.500. The smallest absolute Gasteiger partial charge is 0.531 e. The summed E-state index contributed by atoms with van der Waals surface area (Å²) in [6.45, 7) is 1.85. The van der Waals surface area contributed by atoms with Crippen LogP contribution in [0.25, 0.3) is 0 Å². The van der Waals surface area contributed by atoms with E-state index in [1.807, 2.05) is 0 Å². The first kappa shape index (κ1) is 11.0. The predicted molar refractivity (Wildman–Crippen MR) is 22.3 cm³/mol. The first-order valence-corrected chi connectivity index (χ1v) is 1.86. The summed E-state index contributed by atoms with van der Waals surface area (Å²) >= 11 is 0.